The first kappa shape index (κ1) is 21.0. The second kappa shape index (κ2) is 9.27. The Morgan fingerprint density at radius 1 is 1.09 bits per heavy atom. The highest BCUT2D eigenvalue weighted by molar-refractivity contribution is 6.05. The van der Waals surface area contributed by atoms with Crippen LogP contribution in [0.2, 0.25) is 0 Å². The molecule has 0 fully saturated rings. The first-order valence-corrected chi connectivity index (χ1v) is 10.2. The molecule has 0 aliphatic carbocycles. The standard InChI is InChI=1S/C26H23N3O3/c1-31-20-9-7-17-8-10-25(32-2)23(22(17)14-20)13-19(15-27)26(30)28-12-11-18-16-29-24-6-4-3-5-21(18)24/h3-10,13-14,16,29H,11-12H2,1-2H3,(H,28,30)/b19-13-. The van der Waals surface area contributed by atoms with Crippen molar-refractivity contribution < 1.29 is 14.3 Å². The van der Waals surface area contributed by atoms with Crippen LogP contribution < -0.4 is 14.8 Å². The Balaban J connectivity index is 1.57. The molecule has 3 aromatic carbocycles. The molecule has 6 heteroatoms. The highest BCUT2D eigenvalue weighted by Gasteiger charge is 2.14. The number of aromatic nitrogens is 1. The Morgan fingerprint density at radius 3 is 2.69 bits per heavy atom. The number of nitrogens with zero attached hydrogens (tertiary/aromatic N) is 1. The van der Waals surface area contributed by atoms with Crippen LogP contribution in [0.15, 0.2) is 66.4 Å². The molecule has 1 amide bonds. The first-order chi connectivity index (χ1) is 15.6. The first-order valence-electron chi connectivity index (χ1n) is 10.2. The van der Waals surface area contributed by atoms with Gasteiger partial charge in [0.05, 0.1) is 14.2 Å². The summed E-state index contributed by atoms with van der Waals surface area (Å²) in [4.78, 5) is 16.0. The third-order valence-electron chi connectivity index (χ3n) is 5.46. The van der Waals surface area contributed by atoms with Gasteiger partial charge >= 0.3 is 0 Å². The highest BCUT2D eigenvalue weighted by Crippen LogP contribution is 2.32. The number of H-pyrrole nitrogens is 1. The molecule has 0 atom stereocenters. The molecule has 0 aliphatic heterocycles. The van der Waals surface area contributed by atoms with Crippen LogP contribution in [0.1, 0.15) is 11.1 Å². The molecule has 0 saturated carbocycles. The summed E-state index contributed by atoms with van der Waals surface area (Å²) < 4.78 is 10.8. The van der Waals surface area contributed by atoms with E-state index in [-0.39, 0.29) is 5.57 Å². The molecule has 1 aromatic heterocycles. The van der Waals surface area contributed by atoms with E-state index in [1.807, 2.05) is 66.9 Å². The van der Waals surface area contributed by atoms with Crippen LogP contribution in [0.25, 0.3) is 27.8 Å². The average molecular weight is 425 g/mol. The fourth-order valence-electron chi connectivity index (χ4n) is 3.79. The molecule has 0 unspecified atom stereocenters. The molecular formula is C26H23N3O3. The van der Waals surface area contributed by atoms with Crippen molar-refractivity contribution in [1.82, 2.24) is 10.3 Å². The quantitative estimate of drug-likeness (QED) is 0.335. The van der Waals surface area contributed by atoms with E-state index < -0.39 is 5.91 Å². The summed E-state index contributed by atoms with van der Waals surface area (Å²) in [5, 5.41) is 15.4. The van der Waals surface area contributed by atoms with Crippen LogP contribution in [0, 0.1) is 11.3 Å². The monoisotopic (exact) mass is 425 g/mol. The van der Waals surface area contributed by atoms with E-state index in [0.717, 1.165) is 27.2 Å². The van der Waals surface area contributed by atoms with Gasteiger partial charge in [0.15, 0.2) is 0 Å². The number of nitriles is 1. The fraction of sp³-hybridized carbons (Fsp3) is 0.154. The minimum Gasteiger partial charge on any atom is -0.497 e. The Morgan fingerprint density at radius 2 is 1.91 bits per heavy atom. The van der Waals surface area contributed by atoms with Crippen molar-refractivity contribution in [3.63, 3.8) is 0 Å². The number of aromatic amines is 1. The lowest BCUT2D eigenvalue weighted by molar-refractivity contribution is -0.117. The SMILES string of the molecule is COc1ccc2ccc(OC)c(/C=C(/C#N)C(=O)NCCc3c[nH]c4ccccc34)c2c1. The number of carbonyl (C=O) groups is 1. The Hall–Kier alpha value is -4.24. The summed E-state index contributed by atoms with van der Waals surface area (Å²) >= 11 is 0. The topological polar surface area (TPSA) is 87.1 Å². The third kappa shape index (κ3) is 4.14. The maximum atomic E-state index is 12.8. The number of hydrogen-bond acceptors (Lipinski definition) is 4. The molecule has 0 aliphatic rings. The van der Waals surface area contributed by atoms with Gasteiger partial charge in [0, 0.05) is 29.2 Å². The Bertz CT molecular complexity index is 1360. The van der Waals surface area contributed by atoms with E-state index in [9.17, 15) is 10.1 Å². The predicted molar refractivity (Wildman–Crippen MR) is 126 cm³/mol. The number of benzene rings is 3. The van der Waals surface area contributed by atoms with Crippen LogP contribution in [0.3, 0.4) is 0 Å². The van der Waals surface area contributed by atoms with Gasteiger partial charge in [0.1, 0.15) is 23.1 Å². The molecule has 4 rings (SSSR count). The molecule has 6 nitrogen and oxygen atoms in total. The smallest absolute Gasteiger partial charge is 0.261 e. The van der Waals surface area contributed by atoms with Gasteiger partial charge in [0.25, 0.3) is 5.91 Å². The number of para-hydroxylation sites is 1. The van der Waals surface area contributed by atoms with E-state index in [4.69, 9.17) is 9.47 Å². The van der Waals surface area contributed by atoms with E-state index in [0.29, 0.717) is 30.0 Å². The normalized spacial score (nSPS) is 11.3. The molecule has 32 heavy (non-hydrogen) atoms. The lowest BCUT2D eigenvalue weighted by atomic mass is 10.0. The number of fused-ring (bicyclic) bond motifs is 2. The molecule has 1 heterocycles. The summed E-state index contributed by atoms with van der Waals surface area (Å²) in [5.41, 5.74) is 2.85. The van der Waals surface area contributed by atoms with Crippen LogP contribution in [-0.4, -0.2) is 31.7 Å². The molecule has 2 N–H and O–H groups in total. The van der Waals surface area contributed by atoms with Gasteiger partial charge in [-0.15, -0.1) is 0 Å². The van der Waals surface area contributed by atoms with Crippen molar-refractivity contribution in [2.45, 2.75) is 6.42 Å². The number of hydrogen-bond donors (Lipinski definition) is 2. The lowest BCUT2D eigenvalue weighted by Gasteiger charge is -2.11. The zero-order valence-corrected chi connectivity index (χ0v) is 17.9. The second-order valence-corrected chi connectivity index (χ2v) is 7.30. The number of methoxy groups -OCH3 is 2. The number of ether oxygens (including phenoxy) is 2. The van der Waals surface area contributed by atoms with E-state index in [2.05, 4.69) is 10.3 Å². The van der Waals surface area contributed by atoms with Crippen LogP contribution in [-0.2, 0) is 11.2 Å². The summed E-state index contributed by atoms with van der Waals surface area (Å²) in [6.07, 6.45) is 4.18. The second-order valence-electron chi connectivity index (χ2n) is 7.30. The fourth-order valence-corrected chi connectivity index (χ4v) is 3.79. The Labute approximate surface area is 186 Å². The van der Waals surface area contributed by atoms with Gasteiger partial charge in [-0.1, -0.05) is 30.3 Å². The van der Waals surface area contributed by atoms with E-state index >= 15 is 0 Å². The van der Waals surface area contributed by atoms with Crippen LogP contribution >= 0.6 is 0 Å². The van der Waals surface area contributed by atoms with Crippen molar-refractivity contribution in [2.75, 3.05) is 20.8 Å². The van der Waals surface area contributed by atoms with Gasteiger partial charge in [-0.25, -0.2) is 0 Å². The van der Waals surface area contributed by atoms with Gasteiger partial charge in [0.2, 0.25) is 0 Å². The van der Waals surface area contributed by atoms with Crippen LogP contribution in [0.4, 0.5) is 0 Å². The molecule has 0 spiro atoms. The molecule has 0 saturated heterocycles. The summed E-state index contributed by atoms with van der Waals surface area (Å²) in [6.45, 7) is 0.417. The van der Waals surface area contributed by atoms with E-state index in [1.165, 1.54) is 0 Å². The van der Waals surface area contributed by atoms with Crippen molar-refractivity contribution >= 4 is 33.7 Å². The predicted octanol–water partition coefficient (Wildman–Crippen LogP) is 4.60. The van der Waals surface area contributed by atoms with Crippen molar-refractivity contribution in [3.05, 3.63) is 77.5 Å². The molecule has 160 valence electrons. The van der Waals surface area contributed by atoms with Gasteiger partial charge < -0.3 is 19.8 Å². The maximum Gasteiger partial charge on any atom is 0.261 e. The minimum atomic E-state index is -0.422. The zero-order valence-electron chi connectivity index (χ0n) is 17.9. The van der Waals surface area contributed by atoms with Crippen LogP contribution in [0.5, 0.6) is 11.5 Å². The highest BCUT2D eigenvalue weighted by atomic mass is 16.5. The minimum absolute atomic E-state index is 0.0116. The van der Waals surface area contributed by atoms with Crippen molar-refractivity contribution in [1.29, 1.82) is 5.26 Å². The van der Waals surface area contributed by atoms with Crippen molar-refractivity contribution in [3.8, 4) is 17.6 Å². The number of nitrogens with one attached hydrogen (secondary N) is 2. The molecule has 0 bridgehead atoms. The van der Waals surface area contributed by atoms with Crippen molar-refractivity contribution in [2.24, 2.45) is 0 Å². The molecule has 0 radical (unpaired) electrons. The maximum absolute atomic E-state index is 12.8. The third-order valence-corrected chi connectivity index (χ3v) is 5.46. The van der Waals surface area contributed by atoms with Gasteiger partial charge in [-0.3, -0.25) is 4.79 Å². The molecular weight excluding hydrogens is 402 g/mol. The number of carbonyl (C=O) groups excluding carboxylic acids is 1. The molecule has 4 aromatic rings. The summed E-state index contributed by atoms with van der Waals surface area (Å²) in [5.74, 6) is 0.835. The largest absolute Gasteiger partial charge is 0.497 e. The van der Waals surface area contributed by atoms with E-state index in [1.54, 1.807) is 20.3 Å². The Kier molecular flexibility index (Phi) is 6.09. The lowest BCUT2D eigenvalue weighted by Crippen LogP contribution is -2.26. The summed E-state index contributed by atoms with van der Waals surface area (Å²) in [6, 6.07) is 19.5. The average Bonchev–Trinajstić information content (AvgIpc) is 3.25. The zero-order chi connectivity index (χ0) is 22.5. The van der Waals surface area contributed by atoms with Gasteiger partial charge in [-0.2, -0.15) is 5.26 Å². The number of amides is 1. The summed E-state index contributed by atoms with van der Waals surface area (Å²) in [7, 11) is 3.16. The van der Waals surface area contributed by atoms with Gasteiger partial charge in [-0.05, 0) is 53.1 Å². The number of rotatable bonds is 7.